The minimum absolute atomic E-state index is 0.833. The van der Waals surface area contributed by atoms with E-state index in [9.17, 15) is 0 Å². The van der Waals surface area contributed by atoms with E-state index in [2.05, 4.69) is 21.9 Å². The Balaban J connectivity index is 1.65. The summed E-state index contributed by atoms with van der Waals surface area (Å²) in [5.41, 5.74) is 2.21. The van der Waals surface area contributed by atoms with Gasteiger partial charge in [-0.2, -0.15) is 0 Å². The first-order valence-corrected chi connectivity index (χ1v) is 8.45. The third-order valence-electron chi connectivity index (χ3n) is 4.34. The van der Waals surface area contributed by atoms with Gasteiger partial charge in [-0.15, -0.1) is 0 Å². The largest absolute Gasteiger partial charge is 0.497 e. The molecule has 0 radical (unpaired) electrons. The zero-order valence-corrected chi connectivity index (χ0v) is 14.9. The molecule has 4 nitrogen and oxygen atoms in total. The quantitative estimate of drug-likeness (QED) is 0.795. The van der Waals surface area contributed by atoms with Crippen LogP contribution in [0.15, 0.2) is 48.5 Å². The molecule has 24 heavy (non-hydrogen) atoms. The first-order valence-electron chi connectivity index (χ1n) is 8.04. The van der Waals surface area contributed by atoms with Gasteiger partial charge in [-0.1, -0.05) is 24.4 Å². The van der Waals surface area contributed by atoms with E-state index in [0.29, 0.717) is 0 Å². The number of hydrogen-bond acceptors (Lipinski definition) is 4. The number of piperazine rings is 1. The van der Waals surface area contributed by atoms with Gasteiger partial charge in [-0.05, 0) is 36.4 Å². The molecule has 1 saturated heterocycles. The summed E-state index contributed by atoms with van der Waals surface area (Å²) in [6, 6.07) is 16.2. The van der Waals surface area contributed by atoms with Gasteiger partial charge in [-0.3, -0.25) is 0 Å². The second-order valence-corrected chi connectivity index (χ2v) is 6.06. The zero-order valence-electron chi connectivity index (χ0n) is 14.1. The van der Waals surface area contributed by atoms with E-state index in [4.69, 9.17) is 21.7 Å². The van der Waals surface area contributed by atoms with Crippen molar-refractivity contribution < 1.29 is 9.47 Å². The fourth-order valence-electron chi connectivity index (χ4n) is 2.95. The van der Waals surface area contributed by atoms with Crippen LogP contribution >= 0.6 is 12.2 Å². The molecule has 0 amide bonds. The fourth-order valence-corrected chi connectivity index (χ4v) is 3.30. The van der Waals surface area contributed by atoms with Crippen LogP contribution in [0, 0.1) is 0 Å². The Kier molecular flexibility index (Phi) is 5.20. The van der Waals surface area contributed by atoms with E-state index >= 15 is 0 Å². The lowest BCUT2D eigenvalue weighted by Crippen LogP contribution is -2.48. The van der Waals surface area contributed by atoms with Crippen LogP contribution in [-0.4, -0.2) is 50.3 Å². The van der Waals surface area contributed by atoms with Crippen molar-refractivity contribution in [1.82, 2.24) is 4.90 Å². The van der Waals surface area contributed by atoms with Crippen LogP contribution in [0.3, 0.4) is 0 Å². The molecule has 1 fully saturated rings. The number of para-hydroxylation sites is 1. The molecule has 0 aromatic heterocycles. The van der Waals surface area contributed by atoms with E-state index in [1.54, 1.807) is 14.2 Å². The summed E-state index contributed by atoms with van der Waals surface area (Å²) < 4.78 is 10.7. The summed E-state index contributed by atoms with van der Waals surface area (Å²) in [6.07, 6.45) is 0. The highest BCUT2D eigenvalue weighted by Crippen LogP contribution is 2.23. The first-order chi connectivity index (χ1) is 11.7. The number of nitrogens with zero attached hydrogens (tertiary/aromatic N) is 2. The maximum Gasteiger partial charge on any atom is 0.129 e. The van der Waals surface area contributed by atoms with E-state index in [0.717, 1.165) is 48.2 Å². The summed E-state index contributed by atoms with van der Waals surface area (Å²) in [6.45, 7) is 3.70. The Labute approximate surface area is 148 Å². The lowest BCUT2D eigenvalue weighted by molar-refractivity contribution is 0.386. The van der Waals surface area contributed by atoms with Crippen molar-refractivity contribution in [3.63, 3.8) is 0 Å². The summed E-state index contributed by atoms with van der Waals surface area (Å²) in [7, 11) is 3.37. The van der Waals surface area contributed by atoms with Crippen LogP contribution in [0.25, 0.3) is 0 Å². The molecule has 0 bridgehead atoms. The van der Waals surface area contributed by atoms with Gasteiger partial charge in [0.25, 0.3) is 0 Å². The van der Waals surface area contributed by atoms with Gasteiger partial charge >= 0.3 is 0 Å². The predicted octanol–water partition coefficient (Wildman–Crippen LogP) is 3.20. The molecule has 2 aromatic carbocycles. The second-order valence-electron chi connectivity index (χ2n) is 5.68. The van der Waals surface area contributed by atoms with Crippen LogP contribution < -0.4 is 14.4 Å². The average molecular weight is 342 g/mol. The van der Waals surface area contributed by atoms with Crippen molar-refractivity contribution >= 4 is 22.9 Å². The highest BCUT2D eigenvalue weighted by Gasteiger charge is 2.21. The summed E-state index contributed by atoms with van der Waals surface area (Å²) >= 11 is 5.69. The van der Waals surface area contributed by atoms with E-state index in [-0.39, 0.29) is 0 Å². The van der Waals surface area contributed by atoms with Gasteiger partial charge in [0.1, 0.15) is 16.5 Å². The Morgan fingerprint density at radius 1 is 0.875 bits per heavy atom. The first kappa shape index (κ1) is 16.6. The molecule has 1 aliphatic heterocycles. The maximum absolute atomic E-state index is 5.69. The number of methoxy groups -OCH3 is 2. The average Bonchev–Trinajstić information content (AvgIpc) is 2.67. The van der Waals surface area contributed by atoms with Crippen LogP contribution in [-0.2, 0) is 0 Å². The Bertz CT molecular complexity index is 695. The molecule has 0 spiro atoms. The number of anilines is 1. The summed E-state index contributed by atoms with van der Waals surface area (Å²) in [5, 5.41) is 0. The number of hydrogen-bond donors (Lipinski definition) is 0. The highest BCUT2D eigenvalue weighted by molar-refractivity contribution is 7.80. The summed E-state index contributed by atoms with van der Waals surface area (Å²) in [4.78, 5) is 5.50. The second kappa shape index (κ2) is 7.53. The van der Waals surface area contributed by atoms with Gasteiger partial charge in [-0.25, -0.2) is 0 Å². The van der Waals surface area contributed by atoms with Crippen molar-refractivity contribution in [3.05, 3.63) is 54.1 Å². The molecule has 5 heteroatoms. The minimum Gasteiger partial charge on any atom is -0.497 e. The molecular weight excluding hydrogens is 320 g/mol. The van der Waals surface area contributed by atoms with Crippen molar-refractivity contribution in [2.45, 2.75) is 0 Å². The summed E-state index contributed by atoms with van der Waals surface area (Å²) in [5.74, 6) is 1.72. The molecule has 126 valence electrons. The molecule has 0 aliphatic carbocycles. The molecule has 0 saturated carbocycles. The van der Waals surface area contributed by atoms with Crippen LogP contribution in [0.2, 0.25) is 0 Å². The van der Waals surface area contributed by atoms with Gasteiger partial charge in [0, 0.05) is 31.9 Å². The molecule has 1 heterocycles. The molecule has 0 atom stereocenters. The maximum atomic E-state index is 5.69. The lowest BCUT2D eigenvalue weighted by atomic mass is 10.1. The van der Waals surface area contributed by atoms with Gasteiger partial charge < -0.3 is 19.3 Å². The Morgan fingerprint density at radius 3 is 2.17 bits per heavy atom. The third-order valence-corrected chi connectivity index (χ3v) is 4.82. The van der Waals surface area contributed by atoms with Crippen molar-refractivity contribution in [2.24, 2.45) is 0 Å². The molecule has 2 aromatic rings. The standard InChI is InChI=1S/C19H22N2O2S/c1-22-16-9-7-15(8-10-16)20-11-13-21(14-12-20)19(24)17-5-3-4-6-18(17)23-2/h3-10H,11-14H2,1-2H3. The zero-order chi connectivity index (χ0) is 16.9. The fraction of sp³-hybridized carbons (Fsp3) is 0.316. The molecule has 1 aliphatic rings. The number of benzene rings is 2. The molecule has 3 rings (SSSR count). The monoisotopic (exact) mass is 342 g/mol. The Hall–Kier alpha value is -2.27. The van der Waals surface area contributed by atoms with Gasteiger partial charge in [0.2, 0.25) is 0 Å². The number of rotatable bonds is 4. The number of ether oxygens (including phenoxy) is 2. The number of thiocarbonyl (C=S) groups is 1. The predicted molar refractivity (Wildman–Crippen MR) is 101 cm³/mol. The third kappa shape index (κ3) is 3.46. The topological polar surface area (TPSA) is 24.9 Å². The van der Waals surface area contributed by atoms with Crippen molar-refractivity contribution in [1.29, 1.82) is 0 Å². The smallest absolute Gasteiger partial charge is 0.129 e. The normalized spacial score (nSPS) is 14.4. The van der Waals surface area contributed by atoms with Crippen molar-refractivity contribution in [3.8, 4) is 11.5 Å². The van der Waals surface area contributed by atoms with Crippen LogP contribution in [0.5, 0.6) is 11.5 Å². The van der Waals surface area contributed by atoms with Gasteiger partial charge in [0.05, 0.1) is 19.8 Å². The van der Waals surface area contributed by atoms with Crippen LogP contribution in [0.4, 0.5) is 5.69 Å². The van der Waals surface area contributed by atoms with E-state index < -0.39 is 0 Å². The molecular formula is C19H22N2O2S. The molecule has 0 N–H and O–H groups in total. The SMILES string of the molecule is COc1ccc(N2CCN(C(=S)c3ccccc3OC)CC2)cc1. The Morgan fingerprint density at radius 2 is 1.54 bits per heavy atom. The lowest BCUT2D eigenvalue weighted by Gasteiger charge is -2.37. The molecule has 0 unspecified atom stereocenters. The minimum atomic E-state index is 0.833. The van der Waals surface area contributed by atoms with E-state index in [1.165, 1.54) is 5.69 Å². The highest BCUT2D eigenvalue weighted by atomic mass is 32.1. The van der Waals surface area contributed by atoms with Gasteiger partial charge in [0.15, 0.2) is 0 Å². The van der Waals surface area contributed by atoms with Crippen LogP contribution in [0.1, 0.15) is 5.56 Å². The van der Waals surface area contributed by atoms with E-state index in [1.807, 2.05) is 36.4 Å². The van der Waals surface area contributed by atoms with Crippen molar-refractivity contribution in [2.75, 3.05) is 45.3 Å².